The predicted octanol–water partition coefficient (Wildman–Crippen LogP) is 1.99. The van der Waals surface area contributed by atoms with Crippen LogP contribution >= 0.6 is 0 Å². The molecule has 0 atom stereocenters. The molecule has 0 saturated carbocycles. The monoisotopic (exact) mass is 200 g/mol. The first-order valence-electron chi connectivity index (χ1n) is 4.61. The highest BCUT2D eigenvalue weighted by atomic mass is 16.6. The molecule has 4 nitrogen and oxygen atoms in total. The first-order chi connectivity index (χ1) is 6.16. The second kappa shape index (κ2) is 4.44. The van der Waals surface area contributed by atoms with Gasteiger partial charge in [-0.25, -0.2) is 4.79 Å². The van der Waals surface area contributed by atoms with Gasteiger partial charge in [-0.15, -0.1) is 0 Å². The quantitative estimate of drug-likeness (QED) is 0.693. The van der Waals surface area contributed by atoms with E-state index in [1.165, 1.54) is 0 Å². The molecule has 1 amide bonds. The molecule has 0 unspecified atom stereocenters. The largest absolute Gasteiger partial charge is 0.444 e. The van der Waals surface area contributed by atoms with Crippen molar-refractivity contribution < 1.29 is 9.53 Å². The van der Waals surface area contributed by atoms with E-state index in [1.807, 2.05) is 34.6 Å². The number of carbonyl (C=O) groups excluding carboxylic acids is 1. The molecule has 14 heavy (non-hydrogen) atoms. The third-order valence-corrected chi connectivity index (χ3v) is 1.27. The van der Waals surface area contributed by atoms with Crippen LogP contribution in [0.5, 0.6) is 0 Å². The van der Waals surface area contributed by atoms with E-state index >= 15 is 0 Å². The van der Waals surface area contributed by atoms with Gasteiger partial charge in [-0.1, -0.05) is 0 Å². The zero-order valence-corrected chi connectivity index (χ0v) is 9.84. The van der Waals surface area contributed by atoms with Gasteiger partial charge >= 0.3 is 6.09 Å². The molecule has 0 radical (unpaired) electrons. The Labute approximate surface area is 85.7 Å². The number of rotatable bonds is 2. The number of nitrogens with one attached hydrogen (secondary N) is 1. The standard InChI is InChI=1S/C10H20N2O2/c1-9(2,3)14-8(13)12-10(4,5)7-11-6/h7H,1-6H3,(H,12,13)/b11-7+. The van der Waals surface area contributed by atoms with Crippen LogP contribution in [0.15, 0.2) is 4.99 Å². The van der Waals surface area contributed by atoms with Gasteiger partial charge in [0.2, 0.25) is 0 Å². The normalized spacial score (nSPS) is 13.0. The Morgan fingerprint density at radius 2 is 1.79 bits per heavy atom. The van der Waals surface area contributed by atoms with E-state index < -0.39 is 17.2 Å². The molecule has 0 aromatic carbocycles. The van der Waals surface area contributed by atoms with Gasteiger partial charge in [0.1, 0.15) is 5.60 Å². The van der Waals surface area contributed by atoms with Crippen LogP contribution in [0.25, 0.3) is 0 Å². The molecule has 0 fully saturated rings. The molecule has 0 saturated heterocycles. The maximum absolute atomic E-state index is 11.4. The fourth-order valence-corrected chi connectivity index (χ4v) is 0.922. The van der Waals surface area contributed by atoms with Gasteiger partial charge < -0.3 is 10.1 Å². The number of hydrogen-bond donors (Lipinski definition) is 1. The first-order valence-corrected chi connectivity index (χ1v) is 4.61. The molecule has 0 aromatic heterocycles. The lowest BCUT2D eigenvalue weighted by Gasteiger charge is -2.25. The van der Waals surface area contributed by atoms with Crippen LogP contribution in [0.2, 0.25) is 0 Å². The third-order valence-electron chi connectivity index (χ3n) is 1.27. The van der Waals surface area contributed by atoms with Gasteiger partial charge in [-0.2, -0.15) is 0 Å². The molecule has 4 heteroatoms. The maximum atomic E-state index is 11.4. The van der Waals surface area contributed by atoms with Crippen molar-refractivity contribution in [3.05, 3.63) is 0 Å². The van der Waals surface area contributed by atoms with Crippen molar-refractivity contribution in [2.75, 3.05) is 7.05 Å². The summed E-state index contributed by atoms with van der Waals surface area (Å²) in [6.45, 7) is 9.18. The first kappa shape index (κ1) is 12.9. The topological polar surface area (TPSA) is 50.7 Å². The van der Waals surface area contributed by atoms with E-state index in [9.17, 15) is 4.79 Å². The number of ether oxygens (including phenoxy) is 1. The Hall–Kier alpha value is -1.06. The fourth-order valence-electron chi connectivity index (χ4n) is 0.922. The Bertz CT molecular complexity index is 227. The van der Waals surface area contributed by atoms with Gasteiger partial charge in [0.05, 0.1) is 5.54 Å². The Morgan fingerprint density at radius 3 is 2.14 bits per heavy atom. The summed E-state index contributed by atoms with van der Waals surface area (Å²) in [4.78, 5) is 15.2. The van der Waals surface area contributed by atoms with Crippen LogP contribution in [-0.2, 0) is 4.74 Å². The summed E-state index contributed by atoms with van der Waals surface area (Å²) >= 11 is 0. The molecular formula is C10H20N2O2. The Balaban J connectivity index is 4.20. The molecule has 0 heterocycles. The third kappa shape index (κ3) is 6.46. The van der Waals surface area contributed by atoms with E-state index in [4.69, 9.17) is 4.74 Å². The number of nitrogens with zero attached hydrogens (tertiary/aromatic N) is 1. The minimum atomic E-state index is -0.475. The molecule has 0 aromatic rings. The summed E-state index contributed by atoms with van der Waals surface area (Å²) in [5, 5.41) is 2.70. The predicted molar refractivity (Wildman–Crippen MR) is 57.9 cm³/mol. The smallest absolute Gasteiger partial charge is 0.408 e. The molecule has 0 aliphatic carbocycles. The molecule has 1 N–H and O–H groups in total. The van der Waals surface area contributed by atoms with Crippen molar-refractivity contribution in [2.45, 2.75) is 45.8 Å². The average Bonchev–Trinajstić information content (AvgIpc) is 1.78. The highest BCUT2D eigenvalue weighted by molar-refractivity contribution is 5.78. The molecule has 0 rings (SSSR count). The average molecular weight is 200 g/mol. The summed E-state index contributed by atoms with van der Waals surface area (Å²) in [5.74, 6) is 0. The summed E-state index contributed by atoms with van der Waals surface area (Å²) in [6, 6.07) is 0. The van der Waals surface area contributed by atoms with Crippen molar-refractivity contribution >= 4 is 12.3 Å². The summed E-state index contributed by atoms with van der Waals surface area (Å²) in [6.07, 6.45) is 1.24. The van der Waals surface area contributed by atoms with Crippen LogP contribution in [0.3, 0.4) is 0 Å². The number of amides is 1. The van der Waals surface area contributed by atoms with Crippen LogP contribution in [0.1, 0.15) is 34.6 Å². The molecule has 0 aliphatic heterocycles. The molecule has 82 valence electrons. The van der Waals surface area contributed by atoms with Crippen molar-refractivity contribution in [2.24, 2.45) is 4.99 Å². The summed E-state index contributed by atoms with van der Waals surface area (Å²) in [7, 11) is 1.67. The van der Waals surface area contributed by atoms with Crippen LogP contribution in [-0.4, -0.2) is 30.5 Å². The van der Waals surface area contributed by atoms with E-state index in [0.29, 0.717) is 0 Å². The Kier molecular flexibility index (Phi) is 4.10. The highest BCUT2D eigenvalue weighted by Gasteiger charge is 2.22. The molecular weight excluding hydrogens is 180 g/mol. The zero-order valence-electron chi connectivity index (χ0n) is 9.84. The van der Waals surface area contributed by atoms with Gasteiger partial charge in [-0.05, 0) is 34.6 Å². The van der Waals surface area contributed by atoms with Gasteiger partial charge in [-0.3, -0.25) is 4.99 Å². The summed E-state index contributed by atoms with van der Waals surface area (Å²) < 4.78 is 5.11. The van der Waals surface area contributed by atoms with Gasteiger partial charge in [0.25, 0.3) is 0 Å². The lowest BCUT2D eigenvalue weighted by atomic mass is 10.1. The van der Waals surface area contributed by atoms with Crippen molar-refractivity contribution in [1.82, 2.24) is 5.32 Å². The second-order valence-electron chi connectivity index (χ2n) is 4.74. The van der Waals surface area contributed by atoms with Gasteiger partial charge in [0.15, 0.2) is 0 Å². The van der Waals surface area contributed by atoms with E-state index in [0.717, 1.165) is 0 Å². The van der Waals surface area contributed by atoms with Gasteiger partial charge in [0, 0.05) is 13.3 Å². The lowest BCUT2D eigenvalue weighted by molar-refractivity contribution is 0.0498. The number of hydrogen-bond acceptors (Lipinski definition) is 3. The lowest BCUT2D eigenvalue weighted by Crippen LogP contribution is -2.46. The van der Waals surface area contributed by atoms with Crippen molar-refractivity contribution in [3.8, 4) is 0 Å². The molecule has 0 bridgehead atoms. The minimum absolute atomic E-state index is 0.428. The van der Waals surface area contributed by atoms with E-state index in [-0.39, 0.29) is 0 Å². The highest BCUT2D eigenvalue weighted by Crippen LogP contribution is 2.08. The van der Waals surface area contributed by atoms with Crippen LogP contribution in [0.4, 0.5) is 4.79 Å². The van der Waals surface area contributed by atoms with Crippen LogP contribution in [0, 0.1) is 0 Å². The fraction of sp³-hybridized carbons (Fsp3) is 0.800. The molecule has 0 aliphatic rings. The zero-order chi connectivity index (χ0) is 11.4. The minimum Gasteiger partial charge on any atom is -0.444 e. The Morgan fingerprint density at radius 1 is 1.29 bits per heavy atom. The number of alkyl carbamates (subject to hydrolysis) is 1. The second-order valence-corrected chi connectivity index (χ2v) is 4.74. The van der Waals surface area contributed by atoms with Crippen molar-refractivity contribution in [1.29, 1.82) is 0 Å². The SMILES string of the molecule is C/N=C/C(C)(C)NC(=O)OC(C)(C)C. The van der Waals surface area contributed by atoms with Crippen LogP contribution < -0.4 is 5.32 Å². The van der Waals surface area contributed by atoms with Crippen molar-refractivity contribution in [3.63, 3.8) is 0 Å². The molecule has 0 spiro atoms. The van der Waals surface area contributed by atoms with E-state index in [1.54, 1.807) is 13.3 Å². The van der Waals surface area contributed by atoms with E-state index in [2.05, 4.69) is 10.3 Å². The summed E-state index contributed by atoms with van der Waals surface area (Å²) in [5.41, 5.74) is -0.944. The maximum Gasteiger partial charge on any atom is 0.408 e. The number of carbonyl (C=O) groups is 1. The number of aliphatic imine (C=N–C) groups is 1.